The van der Waals surface area contributed by atoms with Crippen LogP contribution >= 0.6 is 11.3 Å². The van der Waals surface area contributed by atoms with Gasteiger partial charge < -0.3 is 15.5 Å². The number of nitrogens with zero attached hydrogens (tertiary/aromatic N) is 2. The summed E-state index contributed by atoms with van der Waals surface area (Å²) in [6, 6.07) is 15.5. The zero-order valence-electron chi connectivity index (χ0n) is 16.7. The molecule has 0 aliphatic carbocycles. The molecule has 0 aliphatic rings. The monoisotopic (exact) mass is 413 g/mol. The fourth-order valence-corrected chi connectivity index (χ4v) is 4.04. The van der Waals surface area contributed by atoms with Gasteiger partial charge in [-0.05, 0) is 36.3 Å². The number of benzene rings is 2. The minimum absolute atomic E-state index is 0.286. The summed E-state index contributed by atoms with van der Waals surface area (Å²) < 4.78 is 0.902. The number of hydrogen-bond donors (Lipinski definition) is 3. The summed E-state index contributed by atoms with van der Waals surface area (Å²) in [6.45, 7) is 7.47. The Morgan fingerprint density at radius 2 is 1.72 bits per heavy atom. The molecular formula is C22H27N3O3S. The second kappa shape index (κ2) is 9.93. The van der Waals surface area contributed by atoms with Crippen LogP contribution in [0.4, 0.5) is 0 Å². The summed E-state index contributed by atoms with van der Waals surface area (Å²) in [7, 11) is 0. The van der Waals surface area contributed by atoms with Gasteiger partial charge in [0.2, 0.25) is 0 Å². The number of hydrogen-bond acceptors (Lipinski definition) is 6. The van der Waals surface area contributed by atoms with Gasteiger partial charge in [-0.15, -0.1) is 11.3 Å². The highest BCUT2D eigenvalue weighted by atomic mass is 32.1. The standard InChI is InChI=1S/C22H27N3O3S/c1-3-25(4-2)14-16-11-9-15(10-12-16)13-23-21(28)19(26)20(27)22-24-17-7-5-6-8-18(17)29-22/h5-12,19-20,26-27H,3-4,13-14H2,1-2H3,(H,23,28). The number of para-hydroxylation sites is 1. The summed E-state index contributed by atoms with van der Waals surface area (Å²) in [4.78, 5) is 18.9. The SMILES string of the molecule is CCN(CC)Cc1ccc(CNC(=O)C(O)C(O)c2nc3ccccc3s2)cc1. The van der Waals surface area contributed by atoms with E-state index in [4.69, 9.17) is 0 Å². The molecule has 0 fully saturated rings. The minimum atomic E-state index is -1.57. The van der Waals surface area contributed by atoms with Crippen LogP contribution in [0.5, 0.6) is 0 Å². The quantitative estimate of drug-likeness (QED) is 0.502. The van der Waals surface area contributed by atoms with Crippen molar-refractivity contribution in [3.63, 3.8) is 0 Å². The first-order valence-corrected chi connectivity index (χ1v) is 10.6. The van der Waals surface area contributed by atoms with Gasteiger partial charge in [0.05, 0.1) is 10.2 Å². The van der Waals surface area contributed by atoms with Gasteiger partial charge in [0.15, 0.2) is 6.10 Å². The van der Waals surface area contributed by atoms with Gasteiger partial charge in [-0.1, -0.05) is 50.2 Å². The normalized spacial score (nSPS) is 13.6. The van der Waals surface area contributed by atoms with Crippen LogP contribution < -0.4 is 5.32 Å². The van der Waals surface area contributed by atoms with Gasteiger partial charge in [0.25, 0.3) is 5.91 Å². The molecule has 2 atom stereocenters. The van der Waals surface area contributed by atoms with Crippen LogP contribution in [-0.2, 0) is 17.9 Å². The highest BCUT2D eigenvalue weighted by molar-refractivity contribution is 7.18. The number of fused-ring (bicyclic) bond motifs is 1. The molecule has 6 nitrogen and oxygen atoms in total. The third-order valence-electron chi connectivity index (χ3n) is 4.92. The van der Waals surface area contributed by atoms with E-state index in [1.807, 2.05) is 48.5 Å². The molecule has 1 amide bonds. The predicted molar refractivity (Wildman–Crippen MR) is 116 cm³/mol. The molecule has 0 bridgehead atoms. The van der Waals surface area contributed by atoms with Crippen LogP contribution in [0, 0.1) is 0 Å². The van der Waals surface area contributed by atoms with Crippen LogP contribution in [-0.4, -0.2) is 45.2 Å². The molecule has 2 aromatic carbocycles. The fraction of sp³-hybridized carbons (Fsp3) is 0.364. The average Bonchev–Trinajstić information content (AvgIpc) is 3.19. The zero-order valence-corrected chi connectivity index (χ0v) is 17.5. The number of carbonyl (C=O) groups excluding carboxylic acids is 1. The molecule has 3 aromatic rings. The number of aliphatic hydroxyl groups excluding tert-OH is 2. The van der Waals surface area contributed by atoms with Crippen LogP contribution in [0.3, 0.4) is 0 Å². The molecule has 1 aromatic heterocycles. The Labute approximate surface area is 174 Å². The second-order valence-corrected chi connectivity index (χ2v) is 7.97. The zero-order chi connectivity index (χ0) is 20.8. The van der Waals surface area contributed by atoms with Crippen molar-refractivity contribution in [3.8, 4) is 0 Å². The molecule has 1 heterocycles. The molecule has 2 unspecified atom stereocenters. The van der Waals surface area contributed by atoms with Gasteiger partial charge in [-0.2, -0.15) is 0 Å². The van der Waals surface area contributed by atoms with Crippen molar-refractivity contribution in [2.24, 2.45) is 0 Å². The lowest BCUT2D eigenvalue weighted by Crippen LogP contribution is -2.38. The summed E-state index contributed by atoms with van der Waals surface area (Å²) in [6.07, 6.45) is -2.93. The largest absolute Gasteiger partial charge is 0.383 e. The second-order valence-electron chi connectivity index (χ2n) is 6.91. The molecule has 3 N–H and O–H groups in total. The maximum absolute atomic E-state index is 12.3. The molecule has 0 spiro atoms. The third kappa shape index (κ3) is 5.39. The first kappa shape index (κ1) is 21.4. The molecule has 0 saturated carbocycles. The number of nitrogens with one attached hydrogen (secondary N) is 1. The van der Waals surface area contributed by atoms with Crippen molar-refractivity contribution in [3.05, 3.63) is 64.7 Å². The molecular weight excluding hydrogens is 386 g/mol. The topological polar surface area (TPSA) is 85.7 Å². The van der Waals surface area contributed by atoms with Crippen molar-refractivity contribution in [2.75, 3.05) is 13.1 Å². The van der Waals surface area contributed by atoms with Crippen LogP contribution in [0.1, 0.15) is 36.1 Å². The number of rotatable bonds is 9. The molecule has 0 radical (unpaired) electrons. The van der Waals surface area contributed by atoms with Crippen molar-refractivity contribution in [2.45, 2.75) is 39.1 Å². The Kier molecular flexibility index (Phi) is 7.33. The summed E-state index contributed by atoms with van der Waals surface area (Å²) in [5, 5.41) is 23.6. The lowest BCUT2D eigenvalue weighted by Gasteiger charge is -2.18. The van der Waals surface area contributed by atoms with Crippen LogP contribution in [0.15, 0.2) is 48.5 Å². The Hall–Kier alpha value is -2.32. The first-order valence-electron chi connectivity index (χ1n) is 9.81. The average molecular weight is 414 g/mol. The Morgan fingerprint density at radius 1 is 1.07 bits per heavy atom. The Bertz CT molecular complexity index is 905. The number of amides is 1. The molecule has 0 saturated heterocycles. The van der Waals surface area contributed by atoms with Gasteiger partial charge in [0.1, 0.15) is 11.1 Å². The van der Waals surface area contributed by atoms with E-state index in [1.165, 1.54) is 16.9 Å². The van der Waals surface area contributed by atoms with Crippen LogP contribution in [0.25, 0.3) is 10.2 Å². The maximum atomic E-state index is 12.3. The Morgan fingerprint density at radius 3 is 2.38 bits per heavy atom. The number of aliphatic hydroxyl groups is 2. The molecule has 3 rings (SSSR count). The minimum Gasteiger partial charge on any atom is -0.383 e. The van der Waals surface area contributed by atoms with Crippen molar-refractivity contribution in [1.82, 2.24) is 15.2 Å². The Balaban J connectivity index is 1.55. The third-order valence-corrected chi connectivity index (χ3v) is 6.03. The molecule has 0 aliphatic heterocycles. The van der Waals surface area contributed by atoms with E-state index in [0.29, 0.717) is 5.01 Å². The number of aromatic nitrogens is 1. The van der Waals surface area contributed by atoms with E-state index in [2.05, 4.69) is 29.0 Å². The lowest BCUT2D eigenvalue weighted by molar-refractivity contribution is -0.135. The van der Waals surface area contributed by atoms with Gasteiger partial charge in [0, 0.05) is 13.1 Å². The first-order chi connectivity index (χ1) is 14.0. The van der Waals surface area contributed by atoms with Crippen molar-refractivity contribution >= 4 is 27.5 Å². The number of carbonyl (C=O) groups is 1. The highest BCUT2D eigenvalue weighted by Gasteiger charge is 2.28. The van der Waals surface area contributed by atoms with E-state index in [0.717, 1.165) is 35.4 Å². The summed E-state index contributed by atoms with van der Waals surface area (Å²) >= 11 is 1.27. The fourth-order valence-electron chi connectivity index (χ4n) is 3.06. The van der Waals surface area contributed by atoms with Gasteiger partial charge in [-0.3, -0.25) is 9.69 Å². The molecule has 7 heteroatoms. The smallest absolute Gasteiger partial charge is 0.252 e. The van der Waals surface area contributed by atoms with Crippen LogP contribution in [0.2, 0.25) is 0 Å². The number of thiazole rings is 1. The van der Waals surface area contributed by atoms with Crippen molar-refractivity contribution < 1.29 is 15.0 Å². The summed E-state index contributed by atoms with van der Waals surface area (Å²) in [5.41, 5.74) is 2.89. The molecule has 29 heavy (non-hydrogen) atoms. The van der Waals surface area contributed by atoms with E-state index >= 15 is 0 Å². The molecule has 154 valence electrons. The van der Waals surface area contributed by atoms with E-state index in [9.17, 15) is 15.0 Å². The predicted octanol–water partition coefficient (Wildman–Crippen LogP) is 2.85. The van der Waals surface area contributed by atoms with Gasteiger partial charge >= 0.3 is 0 Å². The lowest BCUT2D eigenvalue weighted by atomic mass is 10.1. The van der Waals surface area contributed by atoms with E-state index in [-0.39, 0.29) is 6.54 Å². The van der Waals surface area contributed by atoms with E-state index in [1.54, 1.807) is 0 Å². The summed E-state index contributed by atoms with van der Waals surface area (Å²) in [5.74, 6) is -0.621. The van der Waals surface area contributed by atoms with E-state index < -0.39 is 18.1 Å². The maximum Gasteiger partial charge on any atom is 0.252 e. The van der Waals surface area contributed by atoms with Crippen molar-refractivity contribution in [1.29, 1.82) is 0 Å². The highest BCUT2D eigenvalue weighted by Crippen LogP contribution is 2.28. The van der Waals surface area contributed by atoms with Gasteiger partial charge in [-0.25, -0.2) is 4.98 Å².